The van der Waals surface area contributed by atoms with E-state index in [1.54, 1.807) is 0 Å². The van der Waals surface area contributed by atoms with E-state index in [1.807, 2.05) is 18.2 Å². The van der Waals surface area contributed by atoms with Crippen molar-refractivity contribution in [2.45, 2.75) is 38.0 Å². The van der Waals surface area contributed by atoms with Crippen LogP contribution in [0.1, 0.15) is 49.1 Å². The Kier molecular flexibility index (Phi) is 4.05. The van der Waals surface area contributed by atoms with Crippen molar-refractivity contribution in [3.05, 3.63) is 65.7 Å². The number of hydrogen-bond donors (Lipinski definition) is 1. The Bertz CT molecular complexity index is 541. The molecule has 1 unspecified atom stereocenters. The van der Waals surface area contributed by atoms with E-state index in [-0.39, 0.29) is 0 Å². The summed E-state index contributed by atoms with van der Waals surface area (Å²) in [7, 11) is 0. The van der Waals surface area contributed by atoms with Gasteiger partial charge in [0.2, 0.25) is 0 Å². The molecule has 0 aliphatic heterocycles. The maximum atomic E-state index is 10.3. The van der Waals surface area contributed by atoms with Gasteiger partial charge in [0.25, 0.3) is 0 Å². The zero-order valence-electron chi connectivity index (χ0n) is 11.8. The van der Waals surface area contributed by atoms with E-state index in [1.165, 1.54) is 37.7 Å². The molecule has 1 aliphatic carbocycles. The van der Waals surface area contributed by atoms with E-state index in [0.717, 1.165) is 5.56 Å². The standard InChI is InChI=1S/C19H22O/c20-18-14-8-7-13-17(18)19(15-9-3-1-4-10-15)16-11-5-2-6-12-16/h1,3-4,7-10,13-14,16,19-20H,2,5-6,11-12H2. The lowest BCUT2D eigenvalue weighted by molar-refractivity contribution is 0.322. The molecule has 3 rings (SSSR count). The molecule has 0 bridgehead atoms. The quantitative estimate of drug-likeness (QED) is 0.819. The molecule has 1 fully saturated rings. The topological polar surface area (TPSA) is 20.2 Å². The van der Waals surface area contributed by atoms with Crippen molar-refractivity contribution < 1.29 is 5.11 Å². The molecule has 1 atom stereocenters. The SMILES string of the molecule is Oc1ccccc1C(c1ccccc1)C1CCCCC1. The van der Waals surface area contributed by atoms with Gasteiger partial charge in [0.15, 0.2) is 0 Å². The highest BCUT2D eigenvalue weighted by Crippen LogP contribution is 2.42. The number of rotatable bonds is 3. The summed E-state index contributed by atoms with van der Waals surface area (Å²) in [5, 5.41) is 10.3. The predicted molar refractivity (Wildman–Crippen MR) is 83.0 cm³/mol. The molecule has 1 nitrogen and oxygen atoms in total. The van der Waals surface area contributed by atoms with Crippen LogP contribution in [0.2, 0.25) is 0 Å². The summed E-state index contributed by atoms with van der Waals surface area (Å²) in [6, 6.07) is 18.5. The number of benzene rings is 2. The molecule has 0 radical (unpaired) electrons. The van der Waals surface area contributed by atoms with Crippen molar-refractivity contribution in [3.63, 3.8) is 0 Å². The van der Waals surface area contributed by atoms with Crippen LogP contribution in [0.3, 0.4) is 0 Å². The van der Waals surface area contributed by atoms with Gasteiger partial charge in [-0.1, -0.05) is 67.8 Å². The highest BCUT2D eigenvalue weighted by atomic mass is 16.3. The number of phenols is 1. The number of para-hydroxylation sites is 1. The van der Waals surface area contributed by atoms with Gasteiger partial charge in [-0.15, -0.1) is 0 Å². The summed E-state index contributed by atoms with van der Waals surface area (Å²) in [6.45, 7) is 0. The minimum Gasteiger partial charge on any atom is -0.508 e. The van der Waals surface area contributed by atoms with Crippen molar-refractivity contribution >= 4 is 0 Å². The van der Waals surface area contributed by atoms with Crippen LogP contribution in [-0.4, -0.2) is 5.11 Å². The molecule has 2 aromatic carbocycles. The second-order valence-electron chi connectivity index (χ2n) is 5.85. The van der Waals surface area contributed by atoms with Crippen LogP contribution < -0.4 is 0 Å². The van der Waals surface area contributed by atoms with Crippen molar-refractivity contribution in [1.82, 2.24) is 0 Å². The molecule has 104 valence electrons. The van der Waals surface area contributed by atoms with Gasteiger partial charge >= 0.3 is 0 Å². The Hall–Kier alpha value is -1.76. The van der Waals surface area contributed by atoms with Crippen molar-refractivity contribution in [2.24, 2.45) is 5.92 Å². The van der Waals surface area contributed by atoms with Crippen LogP contribution in [0.15, 0.2) is 54.6 Å². The molecule has 0 spiro atoms. The Morgan fingerprint density at radius 2 is 1.45 bits per heavy atom. The molecule has 20 heavy (non-hydrogen) atoms. The van der Waals surface area contributed by atoms with Crippen LogP contribution in [0.25, 0.3) is 0 Å². The third-order valence-corrected chi connectivity index (χ3v) is 4.55. The average molecular weight is 266 g/mol. The molecule has 2 aromatic rings. The van der Waals surface area contributed by atoms with Gasteiger partial charge in [-0.2, -0.15) is 0 Å². The lowest BCUT2D eigenvalue weighted by atomic mass is 9.73. The summed E-state index contributed by atoms with van der Waals surface area (Å²) >= 11 is 0. The molecule has 1 N–H and O–H groups in total. The first kappa shape index (κ1) is 13.2. The van der Waals surface area contributed by atoms with E-state index >= 15 is 0 Å². The van der Waals surface area contributed by atoms with E-state index < -0.39 is 0 Å². The van der Waals surface area contributed by atoms with E-state index in [2.05, 4.69) is 36.4 Å². The van der Waals surface area contributed by atoms with E-state index in [9.17, 15) is 5.11 Å². The maximum Gasteiger partial charge on any atom is 0.119 e. The molecule has 0 saturated heterocycles. The highest BCUT2D eigenvalue weighted by Gasteiger charge is 2.27. The molecule has 1 aliphatic rings. The third-order valence-electron chi connectivity index (χ3n) is 4.55. The zero-order chi connectivity index (χ0) is 13.8. The Balaban J connectivity index is 2.01. The summed E-state index contributed by atoms with van der Waals surface area (Å²) in [6.07, 6.45) is 6.55. The van der Waals surface area contributed by atoms with E-state index in [0.29, 0.717) is 17.6 Å². The van der Waals surface area contributed by atoms with Crippen molar-refractivity contribution in [2.75, 3.05) is 0 Å². The summed E-state index contributed by atoms with van der Waals surface area (Å²) in [5.41, 5.74) is 2.42. The number of aromatic hydroxyl groups is 1. The lowest BCUT2D eigenvalue weighted by Gasteiger charge is -2.31. The molecule has 0 aromatic heterocycles. The summed E-state index contributed by atoms with van der Waals surface area (Å²) < 4.78 is 0. The monoisotopic (exact) mass is 266 g/mol. The first-order chi connectivity index (χ1) is 9.86. The largest absolute Gasteiger partial charge is 0.508 e. The molecule has 0 heterocycles. The first-order valence-electron chi connectivity index (χ1n) is 7.69. The van der Waals surface area contributed by atoms with Crippen LogP contribution in [0.5, 0.6) is 5.75 Å². The second kappa shape index (κ2) is 6.13. The average Bonchev–Trinajstić information content (AvgIpc) is 2.52. The maximum absolute atomic E-state index is 10.3. The Morgan fingerprint density at radius 1 is 0.800 bits per heavy atom. The first-order valence-corrected chi connectivity index (χ1v) is 7.69. The summed E-state index contributed by atoms with van der Waals surface area (Å²) in [5.74, 6) is 1.42. The predicted octanol–water partition coefficient (Wildman–Crippen LogP) is 5.10. The van der Waals surface area contributed by atoms with Gasteiger partial charge in [-0.05, 0) is 30.4 Å². The Labute approximate surface area is 121 Å². The van der Waals surface area contributed by atoms with Gasteiger partial charge in [-0.3, -0.25) is 0 Å². The number of phenolic OH excluding ortho intramolecular Hbond substituents is 1. The normalized spacial score (nSPS) is 17.8. The lowest BCUT2D eigenvalue weighted by Crippen LogP contribution is -2.17. The van der Waals surface area contributed by atoms with Gasteiger partial charge < -0.3 is 5.11 Å². The smallest absolute Gasteiger partial charge is 0.119 e. The fraction of sp³-hybridized carbons (Fsp3) is 0.368. The van der Waals surface area contributed by atoms with Gasteiger partial charge in [-0.25, -0.2) is 0 Å². The van der Waals surface area contributed by atoms with Gasteiger partial charge in [0, 0.05) is 11.5 Å². The number of hydrogen-bond acceptors (Lipinski definition) is 1. The second-order valence-corrected chi connectivity index (χ2v) is 5.85. The summed E-state index contributed by atoms with van der Waals surface area (Å²) in [4.78, 5) is 0. The minimum atomic E-state index is 0.331. The third kappa shape index (κ3) is 2.72. The molecular formula is C19H22O. The van der Waals surface area contributed by atoms with Crippen LogP contribution in [-0.2, 0) is 0 Å². The molecular weight excluding hydrogens is 244 g/mol. The van der Waals surface area contributed by atoms with Gasteiger partial charge in [0.1, 0.15) is 5.75 Å². The molecule has 1 saturated carbocycles. The zero-order valence-corrected chi connectivity index (χ0v) is 11.8. The fourth-order valence-electron chi connectivity index (χ4n) is 3.58. The van der Waals surface area contributed by atoms with Gasteiger partial charge in [0.05, 0.1) is 0 Å². The van der Waals surface area contributed by atoms with Crippen LogP contribution in [0, 0.1) is 5.92 Å². The highest BCUT2D eigenvalue weighted by molar-refractivity contribution is 5.41. The molecule has 0 amide bonds. The van der Waals surface area contributed by atoms with Crippen LogP contribution >= 0.6 is 0 Å². The van der Waals surface area contributed by atoms with Crippen molar-refractivity contribution in [1.29, 1.82) is 0 Å². The van der Waals surface area contributed by atoms with Crippen LogP contribution in [0.4, 0.5) is 0 Å². The molecule has 1 heteroatoms. The van der Waals surface area contributed by atoms with Crippen molar-refractivity contribution in [3.8, 4) is 5.75 Å². The fourth-order valence-corrected chi connectivity index (χ4v) is 3.58. The Morgan fingerprint density at radius 3 is 2.15 bits per heavy atom. The van der Waals surface area contributed by atoms with E-state index in [4.69, 9.17) is 0 Å². The minimum absolute atomic E-state index is 0.331.